The topological polar surface area (TPSA) is 70.6 Å². The fourth-order valence-corrected chi connectivity index (χ4v) is 4.33. The van der Waals surface area contributed by atoms with E-state index in [1.165, 1.54) is 4.90 Å². The monoisotopic (exact) mass is 313 g/mol. The Balaban J connectivity index is 1.53. The molecule has 0 aliphatic carbocycles. The Labute approximate surface area is 134 Å². The number of imide groups is 1. The Bertz CT molecular complexity index is 630. The van der Waals surface area contributed by atoms with E-state index in [2.05, 4.69) is 4.98 Å². The molecular formula is C17H19N3O3. The molecule has 1 aromatic rings. The molecule has 1 aromatic heterocycles. The zero-order chi connectivity index (χ0) is 16.0. The molecule has 2 unspecified atom stereocenters. The van der Waals surface area contributed by atoms with Crippen molar-refractivity contribution in [3.05, 3.63) is 30.1 Å². The van der Waals surface area contributed by atoms with E-state index < -0.39 is 0 Å². The molecule has 4 heterocycles. The van der Waals surface area contributed by atoms with Crippen LogP contribution in [0.4, 0.5) is 0 Å². The van der Waals surface area contributed by atoms with Crippen molar-refractivity contribution >= 4 is 17.7 Å². The second-order valence-electron chi connectivity index (χ2n) is 6.62. The largest absolute Gasteiger partial charge is 0.332 e. The van der Waals surface area contributed by atoms with Crippen LogP contribution >= 0.6 is 0 Å². The summed E-state index contributed by atoms with van der Waals surface area (Å²) in [4.78, 5) is 44.1. The summed E-state index contributed by atoms with van der Waals surface area (Å²) in [5.41, 5.74) is 0.608. The fraction of sp³-hybridized carbons (Fsp3) is 0.529. The van der Waals surface area contributed by atoms with Crippen molar-refractivity contribution in [3.63, 3.8) is 0 Å². The average Bonchev–Trinajstić information content (AvgIpc) is 3.03. The van der Waals surface area contributed by atoms with Gasteiger partial charge in [0.25, 0.3) is 5.91 Å². The third-order valence-electron chi connectivity index (χ3n) is 5.31. The molecule has 3 aliphatic heterocycles. The summed E-state index contributed by atoms with van der Waals surface area (Å²) in [7, 11) is 0. The Morgan fingerprint density at radius 1 is 1.04 bits per heavy atom. The van der Waals surface area contributed by atoms with Crippen molar-refractivity contribution in [1.82, 2.24) is 14.8 Å². The first-order valence-corrected chi connectivity index (χ1v) is 8.22. The van der Waals surface area contributed by atoms with E-state index in [4.69, 9.17) is 0 Å². The molecule has 0 spiro atoms. The second-order valence-corrected chi connectivity index (χ2v) is 6.62. The summed E-state index contributed by atoms with van der Waals surface area (Å²) in [6.07, 6.45) is 7.24. The predicted molar refractivity (Wildman–Crippen MR) is 81.3 cm³/mol. The zero-order valence-electron chi connectivity index (χ0n) is 12.9. The van der Waals surface area contributed by atoms with Gasteiger partial charge in [-0.25, -0.2) is 0 Å². The predicted octanol–water partition coefficient (Wildman–Crippen LogP) is 1.37. The van der Waals surface area contributed by atoms with Gasteiger partial charge in [-0.1, -0.05) is 0 Å². The smallest absolute Gasteiger partial charge is 0.255 e. The number of fused-ring (bicyclic) bond motifs is 2. The molecule has 0 N–H and O–H groups in total. The fourth-order valence-electron chi connectivity index (χ4n) is 4.33. The minimum absolute atomic E-state index is 0.0168. The Morgan fingerprint density at radius 3 is 2.26 bits per heavy atom. The van der Waals surface area contributed by atoms with E-state index in [0.29, 0.717) is 31.2 Å². The minimum Gasteiger partial charge on any atom is -0.332 e. The Hall–Kier alpha value is -2.24. The first-order chi connectivity index (χ1) is 11.1. The van der Waals surface area contributed by atoms with E-state index >= 15 is 0 Å². The van der Waals surface area contributed by atoms with Gasteiger partial charge >= 0.3 is 0 Å². The van der Waals surface area contributed by atoms with Crippen LogP contribution in [0.3, 0.4) is 0 Å². The Morgan fingerprint density at radius 2 is 1.70 bits per heavy atom. The van der Waals surface area contributed by atoms with E-state index in [-0.39, 0.29) is 35.8 Å². The number of rotatable bonds is 2. The molecule has 2 atom stereocenters. The molecule has 0 saturated carbocycles. The first-order valence-electron chi connectivity index (χ1n) is 8.22. The van der Waals surface area contributed by atoms with E-state index in [1.54, 1.807) is 24.5 Å². The summed E-state index contributed by atoms with van der Waals surface area (Å²) < 4.78 is 0. The van der Waals surface area contributed by atoms with Crippen molar-refractivity contribution in [1.29, 1.82) is 0 Å². The quantitative estimate of drug-likeness (QED) is 0.773. The van der Waals surface area contributed by atoms with Gasteiger partial charge in [-0.2, -0.15) is 0 Å². The van der Waals surface area contributed by atoms with Crippen LogP contribution in [0.5, 0.6) is 0 Å². The van der Waals surface area contributed by atoms with E-state index in [9.17, 15) is 14.4 Å². The molecule has 0 radical (unpaired) electrons. The molecule has 23 heavy (non-hydrogen) atoms. The summed E-state index contributed by atoms with van der Waals surface area (Å²) in [5.74, 6) is -0.0824. The van der Waals surface area contributed by atoms with Crippen LogP contribution in [-0.4, -0.2) is 50.6 Å². The molecule has 4 rings (SSSR count). The number of carbonyl (C=O) groups excluding carboxylic acids is 3. The highest BCUT2D eigenvalue weighted by molar-refractivity contribution is 6.02. The third-order valence-corrected chi connectivity index (χ3v) is 5.31. The van der Waals surface area contributed by atoms with Gasteiger partial charge in [0.15, 0.2) is 0 Å². The lowest BCUT2D eigenvalue weighted by molar-refractivity contribution is -0.142. The molecule has 2 bridgehead atoms. The van der Waals surface area contributed by atoms with Gasteiger partial charge in [-0.05, 0) is 37.8 Å². The van der Waals surface area contributed by atoms with E-state index in [0.717, 1.165) is 12.8 Å². The van der Waals surface area contributed by atoms with Crippen molar-refractivity contribution in [2.45, 2.75) is 56.7 Å². The number of hydrogen-bond donors (Lipinski definition) is 0. The van der Waals surface area contributed by atoms with Gasteiger partial charge in [-0.3, -0.25) is 24.3 Å². The molecule has 120 valence electrons. The maximum Gasteiger partial charge on any atom is 0.255 e. The highest BCUT2D eigenvalue weighted by Gasteiger charge is 2.47. The maximum absolute atomic E-state index is 12.8. The molecular weight excluding hydrogens is 294 g/mol. The van der Waals surface area contributed by atoms with Crippen molar-refractivity contribution < 1.29 is 14.4 Å². The molecule has 3 amide bonds. The van der Waals surface area contributed by atoms with Crippen molar-refractivity contribution in [2.75, 3.05) is 0 Å². The minimum atomic E-state index is -0.0496. The number of nitrogens with zero attached hydrogens (tertiary/aromatic N) is 3. The lowest BCUT2D eigenvalue weighted by Crippen LogP contribution is -2.53. The van der Waals surface area contributed by atoms with Gasteiger partial charge in [0.1, 0.15) is 0 Å². The number of piperidine rings is 1. The number of likely N-dealkylation sites (tertiary alicyclic amines) is 1. The number of amides is 3. The van der Waals surface area contributed by atoms with Crippen LogP contribution in [0.25, 0.3) is 0 Å². The summed E-state index contributed by atoms with van der Waals surface area (Å²) >= 11 is 0. The van der Waals surface area contributed by atoms with Crippen molar-refractivity contribution in [2.24, 2.45) is 0 Å². The van der Waals surface area contributed by atoms with Gasteiger partial charge in [0.05, 0.1) is 5.56 Å². The SMILES string of the molecule is O=C1CCC(=O)N1C1CC2CCC(C1)N2C(=O)c1cccnc1. The normalized spacial score (nSPS) is 30.2. The van der Waals surface area contributed by atoms with Crippen LogP contribution in [-0.2, 0) is 9.59 Å². The number of pyridine rings is 1. The first kappa shape index (κ1) is 14.4. The maximum atomic E-state index is 12.8. The van der Waals surface area contributed by atoms with Crippen LogP contribution in [0.2, 0.25) is 0 Å². The van der Waals surface area contributed by atoms with Crippen LogP contribution in [0, 0.1) is 0 Å². The summed E-state index contributed by atoms with van der Waals surface area (Å²) in [5, 5.41) is 0. The van der Waals surface area contributed by atoms with Crippen LogP contribution in [0.15, 0.2) is 24.5 Å². The zero-order valence-corrected chi connectivity index (χ0v) is 12.9. The molecule has 3 aliphatic rings. The van der Waals surface area contributed by atoms with E-state index in [1.807, 2.05) is 4.90 Å². The van der Waals surface area contributed by atoms with Gasteiger partial charge in [0.2, 0.25) is 11.8 Å². The highest BCUT2D eigenvalue weighted by Crippen LogP contribution is 2.39. The standard InChI is InChI=1S/C17H19N3O3/c21-15-5-6-16(22)20(15)14-8-12-3-4-13(9-14)19(12)17(23)11-2-1-7-18-10-11/h1-2,7,10,12-14H,3-6,8-9H2. The lowest BCUT2D eigenvalue weighted by Gasteiger charge is -2.41. The molecule has 6 heteroatoms. The molecule has 3 saturated heterocycles. The van der Waals surface area contributed by atoms with Crippen LogP contribution < -0.4 is 0 Å². The van der Waals surface area contributed by atoms with Gasteiger partial charge < -0.3 is 4.90 Å². The molecule has 6 nitrogen and oxygen atoms in total. The lowest BCUT2D eigenvalue weighted by atomic mass is 9.95. The highest BCUT2D eigenvalue weighted by atomic mass is 16.2. The summed E-state index contributed by atoms with van der Waals surface area (Å²) in [6.45, 7) is 0. The average molecular weight is 313 g/mol. The van der Waals surface area contributed by atoms with Crippen molar-refractivity contribution in [3.8, 4) is 0 Å². The molecule has 0 aromatic carbocycles. The summed E-state index contributed by atoms with van der Waals surface area (Å²) in [6, 6.07) is 3.76. The number of aromatic nitrogens is 1. The second kappa shape index (κ2) is 5.44. The third kappa shape index (κ3) is 2.33. The Kier molecular flexibility index (Phi) is 3.39. The van der Waals surface area contributed by atoms with Gasteiger partial charge in [-0.15, -0.1) is 0 Å². The van der Waals surface area contributed by atoms with Gasteiger partial charge in [0, 0.05) is 43.4 Å². The van der Waals surface area contributed by atoms with Crippen LogP contribution in [0.1, 0.15) is 48.9 Å². The molecule has 3 fully saturated rings. The number of carbonyl (C=O) groups is 3. The number of hydrogen-bond acceptors (Lipinski definition) is 4.